The molecule has 0 amide bonds. The van der Waals surface area contributed by atoms with Gasteiger partial charge in [0.25, 0.3) is 0 Å². The van der Waals surface area contributed by atoms with Crippen LogP contribution < -0.4 is 0 Å². The second-order valence-electron chi connectivity index (χ2n) is 5.01. The van der Waals surface area contributed by atoms with Crippen LogP contribution in [0.15, 0.2) is 0 Å². The molecule has 2 heteroatoms. The van der Waals surface area contributed by atoms with Gasteiger partial charge in [-0.1, -0.05) is 19.8 Å². The average Bonchev–Trinajstić information content (AvgIpc) is 2.74. The molecule has 2 nitrogen and oxygen atoms in total. The molecule has 3 atom stereocenters. The third-order valence-electron chi connectivity index (χ3n) is 3.99. The van der Waals surface area contributed by atoms with E-state index in [1.54, 1.807) is 0 Å². The number of nitrogens with zero attached hydrogens (tertiary/aromatic N) is 1. The van der Waals surface area contributed by atoms with E-state index in [2.05, 4.69) is 11.8 Å². The summed E-state index contributed by atoms with van der Waals surface area (Å²) in [5.41, 5.74) is 0. The zero-order valence-electron chi connectivity index (χ0n) is 9.28. The van der Waals surface area contributed by atoms with Gasteiger partial charge in [0.05, 0.1) is 0 Å². The molecule has 0 aromatic carbocycles. The molecule has 2 heterocycles. The molecule has 0 unspecified atom stereocenters. The normalized spacial score (nSPS) is 37.7. The van der Waals surface area contributed by atoms with Crippen LogP contribution in [0.3, 0.4) is 0 Å². The molecule has 0 aromatic heterocycles. The molecule has 2 saturated heterocycles. The standard InChI is InChI=1S/C12H23NO/c1-2-3-4-11-5-6-12-7-10(9-14)8-13(11)12/h10-12,14H,2-9H2,1H3/t10-,11-,12+/m0/s1. The minimum atomic E-state index is 0.396. The molecule has 0 spiro atoms. The molecule has 2 rings (SSSR count). The lowest BCUT2D eigenvalue weighted by molar-refractivity contribution is 0.197. The van der Waals surface area contributed by atoms with Crippen LogP contribution in [0.4, 0.5) is 0 Å². The minimum absolute atomic E-state index is 0.396. The Balaban J connectivity index is 1.85. The fraction of sp³-hybridized carbons (Fsp3) is 1.00. The third kappa shape index (κ3) is 1.96. The summed E-state index contributed by atoms with van der Waals surface area (Å²) >= 11 is 0. The highest BCUT2D eigenvalue weighted by atomic mass is 16.3. The van der Waals surface area contributed by atoms with Crippen molar-refractivity contribution in [3.63, 3.8) is 0 Å². The number of fused-ring (bicyclic) bond motifs is 1. The van der Waals surface area contributed by atoms with Crippen molar-refractivity contribution in [2.24, 2.45) is 5.92 Å². The number of aliphatic hydroxyl groups is 1. The average molecular weight is 197 g/mol. The summed E-state index contributed by atoms with van der Waals surface area (Å²) in [6.45, 7) is 3.83. The summed E-state index contributed by atoms with van der Waals surface area (Å²) in [5.74, 6) is 0.574. The second kappa shape index (κ2) is 4.63. The Morgan fingerprint density at radius 1 is 1.36 bits per heavy atom. The highest BCUT2D eigenvalue weighted by Gasteiger charge is 2.39. The van der Waals surface area contributed by atoms with Gasteiger partial charge in [-0.15, -0.1) is 0 Å². The van der Waals surface area contributed by atoms with Crippen LogP contribution in [0.1, 0.15) is 45.4 Å². The smallest absolute Gasteiger partial charge is 0.0472 e. The third-order valence-corrected chi connectivity index (χ3v) is 3.99. The first kappa shape index (κ1) is 10.4. The van der Waals surface area contributed by atoms with Crippen LogP contribution in [-0.2, 0) is 0 Å². The van der Waals surface area contributed by atoms with E-state index >= 15 is 0 Å². The van der Waals surface area contributed by atoms with Gasteiger partial charge in [0.1, 0.15) is 0 Å². The van der Waals surface area contributed by atoms with Crippen molar-refractivity contribution in [3.8, 4) is 0 Å². The Kier molecular flexibility index (Phi) is 3.45. The van der Waals surface area contributed by atoms with Crippen LogP contribution in [0.2, 0.25) is 0 Å². The first-order chi connectivity index (χ1) is 6.85. The molecule has 0 bridgehead atoms. The van der Waals surface area contributed by atoms with E-state index in [9.17, 15) is 0 Å². The summed E-state index contributed by atoms with van der Waals surface area (Å²) < 4.78 is 0. The van der Waals surface area contributed by atoms with Gasteiger partial charge in [-0.3, -0.25) is 4.90 Å². The summed E-state index contributed by atoms with van der Waals surface area (Å²) in [4.78, 5) is 2.68. The van der Waals surface area contributed by atoms with Gasteiger partial charge in [0, 0.05) is 25.2 Å². The van der Waals surface area contributed by atoms with Crippen LogP contribution in [-0.4, -0.2) is 35.2 Å². The fourth-order valence-electron chi connectivity index (χ4n) is 3.21. The number of unbranched alkanes of at least 4 members (excludes halogenated alkanes) is 1. The largest absolute Gasteiger partial charge is 0.396 e. The molecule has 0 aliphatic carbocycles. The molecule has 2 aliphatic rings. The number of aliphatic hydroxyl groups excluding tert-OH is 1. The SMILES string of the molecule is CCCC[C@H]1CC[C@@H]2C[C@H](CO)CN12. The van der Waals surface area contributed by atoms with E-state index in [1.165, 1.54) is 38.5 Å². The van der Waals surface area contributed by atoms with Gasteiger partial charge in [-0.25, -0.2) is 0 Å². The quantitative estimate of drug-likeness (QED) is 0.745. The second-order valence-corrected chi connectivity index (χ2v) is 5.01. The lowest BCUT2D eigenvalue weighted by atomic mass is 10.0. The van der Waals surface area contributed by atoms with Gasteiger partial charge in [-0.2, -0.15) is 0 Å². The van der Waals surface area contributed by atoms with E-state index in [-0.39, 0.29) is 0 Å². The van der Waals surface area contributed by atoms with Gasteiger partial charge in [0.2, 0.25) is 0 Å². The molecule has 82 valence electrons. The summed E-state index contributed by atoms with van der Waals surface area (Å²) in [6, 6.07) is 1.66. The lowest BCUT2D eigenvalue weighted by Gasteiger charge is -2.23. The van der Waals surface area contributed by atoms with Crippen molar-refractivity contribution in [1.82, 2.24) is 4.90 Å². The van der Waals surface area contributed by atoms with Crippen LogP contribution >= 0.6 is 0 Å². The summed E-state index contributed by atoms with van der Waals surface area (Å²) in [5, 5.41) is 9.16. The van der Waals surface area contributed by atoms with Gasteiger partial charge < -0.3 is 5.11 Å². The van der Waals surface area contributed by atoms with Crippen molar-refractivity contribution in [3.05, 3.63) is 0 Å². The van der Waals surface area contributed by atoms with Crippen molar-refractivity contribution in [2.45, 2.75) is 57.5 Å². The Hall–Kier alpha value is -0.0800. The van der Waals surface area contributed by atoms with Crippen molar-refractivity contribution < 1.29 is 5.11 Å². The maximum atomic E-state index is 9.16. The van der Waals surface area contributed by atoms with E-state index in [0.29, 0.717) is 12.5 Å². The molecule has 0 radical (unpaired) electrons. The van der Waals surface area contributed by atoms with E-state index in [0.717, 1.165) is 18.6 Å². The van der Waals surface area contributed by atoms with Crippen molar-refractivity contribution >= 4 is 0 Å². The Morgan fingerprint density at radius 3 is 2.93 bits per heavy atom. The fourth-order valence-corrected chi connectivity index (χ4v) is 3.21. The van der Waals surface area contributed by atoms with Gasteiger partial charge >= 0.3 is 0 Å². The van der Waals surface area contributed by atoms with Crippen LogP contribution in [0.5, 0.6) is 0 Å². The number of rotatable bonds is 4. The monoisotopic (exact) mass is 197 g/mol. The molecular formula is C12H23NO. The van der Waals surface area contributed by atoms with Crippen LogP contribution in [0.25, 0.3) is 0 Å². The summed E-state index contributed by atoms with van der Waals surface area (Å²) in [6.07, 6.45) is 8.11. The Morgan fingerprint density at radius 2 is 2.21 bits per heavy atom. The number of hydrogen-bond donors (Lipinski definition) is 1. The zero-order valence-corrected chi connectivity index (χ0v) is 9.28. The van der Waals surface area contributed by atoms with Gasteiger partial charge in [-0.05, 0) is 31.6 Å². The summed E-state index contributed by atoms with van der Waals surface area (Å²) in [7, 11) is 0. The molecule has 2 aliphatic heterocycles. The lowest BCUT2D eigenvalue weighted by Crippen LogP contribution is -2.32. The zero-order chi connectivity index (χ0) is 9.97. The predicted octanol–water partition coefficient (Wildman–Crippen LogP) is 2.02. The Labute approximate surface area is 87.3 Å². The highest BCUT2D eigenvalue weighted by Crippen LogP contribution is 2.36. The minimum Gasteiger partial charge on any atom is -0.396 e. The molecule has 0 aromatic rings. The predicted molar refractivity (Wildman–Crippen MR) is 58.2 cm³/mol. The van der Waals surface area contributed by atoms with Gasteiger partial charge in [0.15, 0.2) is 0 Å². The molecule has 1 N–H and O–H groups in total. The molecule has 2 fully saturated rings. The Bertz CT molecular complexity index is 183. The first-order valence-electron chi connectivity index (χ1n) is 6.21. The maximum absolute atomic E-state index is 9.16. The number of hydrogen-bond acceptors (Lipinski definition) is 2. The highest BCUT2D eigenvalue weighted by molar-refractivity contribution is 4.94. The maximum Gasteiger partial charge on any atom is 0.0472 e. The van der Waals surface area contributed by atoms with Crippen molar-refractivity contribution in [1.29, 1.82) is 0 Å². The molecule has 0 saturated carbocycles. The van der Waals surface area contributed by atoms with Crippen LogP contribution in [0, 0.1) is 5.92 Å². The molecule has 14 heavy (non-hydrogen) atoms. The molecular weight excluding hydrogens is 174 g/mol. The first-order valence-corrected chi connectivity index (χ1v) is 6.21. The van der Waals surface area contributed by atoms with E-state index in [1.807, 2.05) is 0 Å². The van der Waals surface area contributed by atoms with E-state index in [4.69, 9.17) is 5.11 Å². The van der Waals surface area contributed by atoms with E-state index < -0.39 is 0 Å². The van der Waals surface area contributed by atoms with Crippen molar-refractivity contribution in [2.75, 3.05) is 13.2 Å². The topological polar surface area (TPSA) is 23.5 Å².